The number of amides is 1. The van der Waals surface area contributed by atoms with Crippen molar-refractivity contribution in [2.24, 2.45) is 0 Å². The number of fused-ring (bicyclic) bond motifs is 1. The number of carbonyl (C=O) groups is 1. The van der Waals surface area contributed by atoms with Crippen LogP contribution in [-0.4, -0.2) is 22.4 Å². The van der Waals surface area contributed by atoms with Gasteiger partial charge in [0.15, 0.2) is 0 Å². The molecule has 25 heavy (non-hydrogen) atoms. The van der Waals surface area contributed by atoms with Crippen LogP contribution in [0.25, 0.3) is 10.8 Å². The molecule has 1 aliphatic rings. The highest BCUT2D eigenvalue weighted by molar-refractivity contribution is 6.12. The maximum atomic E-state index is 12.7. The number of hydrogen-bond acceptors (Lipinski definition) is 4. The zero-order valence-electron chi connectivity index (χ0n) is 13.9. The van der Waals surface area contributed by atoms with Crippen LogP contribution < -0.4 is 10.6 Å². The summed E-state index contributed by atoms with van der Waals surface area (Å²) in [6.07, 6.45) is 5.16. The highest BCUT2D eigenvalue weighted by Gasteiger charge is 2.17. The number of nitrogens with zero attached hydrogens (tertiary/aromatic N) is 2. The van der Waals surface area contributed by atoms with Gasteiger partial charge >= 0.3 is 0 Å². The van der Waals surface area contributed by atoms with E-state index < -0.39 is 0 Å². The minimum Gasteiger partial charge on any atom is -0.309 e. The molecule has 1 fully saturated rings. The molecule has 0 bridgehead atoms. The third kappa shape index (κ3) is 3.37. The van der Waals surface area contributed by atoms with Gasteiger partial charge in [-0.2, -0.15) is 0 Å². The summed E-state index contributed by atoms with van der Waals surface area (Å²) in [7, 11) is 0. The van der Waals surface area contributed by atoms with Crippen molar-refractivity contribution >= 4 is 22.6 Å². The van der Waals surface area contributed by atoms with Gasteiger partial charge < -0.3 is 5.32 Å². The first kappa shape index (κ1) is 15.7. The topological polar surface area (TPSA) is 66.9 Å². The molecule has 0 spiro atoms. The van der Waals surface area contributed by atoms with Crippen molar-refractivity contribution in [1.29, 1.82) is 0 Å². The van der Waals surface area contributed by atoms with Crippen molar-refractivity contribution in [3.05, 3.63) is 66.0 Å². The Balaban J connectivity index is 1.58. The van der Waals surface area contributed by atoms with Crippen LogP contribution in [0.4, 0.5) is 5.95 Å². The third-order valence-corrected chi connectivity index (χ3v) is 4.60. The van der Waals surface area contributed by atoms with Crippen molar-refractivity contribution in [3.8, 4) is 0 Å². The van der Waals surface area contributed by atoms with Gasteiger partial charge in [-0.05, 0) is 42.3 Å². The van der Waals surface area contributed by atoms with Crippen molar-refractivity contribution in [1.82, 2.24) is 15.3 Å². The Morgan fingerprint density at radius 3 is 2.84 bits per heavy atom. The van der Waals surface area contributed by atoms with Gasteiger partial charge in [-0.15, -0.1) is 0 Å². The predicted molar refractivity (Wildman–Crippen MR) is 98.5 cm³/mol. The fourth-order valence-electron chi connectivity index (χ4n) is 3.32. The minimum atomic E-state index is -0.189. The quantitative estimate of drug-likeness (QED) is 0.767. The monoisotopic (exact) mass is 332 g/mol. The summed E-state index contributed by atoms with van der Waals surface area (Å²) in [6.45, 7) is 1.01. The Morgan fingerprint density at radius 1 is 1.08 bits per heavy atom. The molecule has 0 saturated carbocycles. The smallest absolute Gasteiger partial charge is 0.258 e. The SMILES string of the molecule is O=C(Nc1nccc(C2CCCCN2)n1)c1cccc2ccccc12. The van der Waals surface area contributed by atoms with Crippen LogP contribution in [0.2, 0.25) is 0 Å². The van der Waals surface area contributed by atoms with Crippen LogP contribution in [0.1, 0.15) is 41.4 Å². The first-order valence-electron chi connectivity index (χ1n) is 8.67. The lowest BCUT2D eigenvalue weighted by atomic mass is 10.0. The number of aromatic nitrogens is 2. The van der Waals surface area contributed by atoms with E-state index in [-0.39, 0.29) is 11.9 Å². The lowest BCUT2D eigenvalue weighted by molar-refractivity contribution is 0.102. The van der Waals surface area contributed by atoms with E-state index in [1.54, 1.807) is 6.20 Å². The Kier molecular flexibility index (Phi) is 4.39. The van der Waals surface area contributed by atoms with E-state index in [1.807, 2.05) is 48.5 Å². The Morgan fingerprint density at radius 2 is 1.96 bits per heavy atom. The number of carbonyl (C=O) groups excluding carboxylic acids is 1. The van der Waals surface area contributed by atoms with Gasteiger partial charge in [0.2, 0.25) is 5.95 Å². The Bertz CT molecular complexity index is 898. The van der Waals surface area contributed by atoms with Crippen LogP contribution in [0, 0.1) is 0 Å². The van der Waals surface area contributed by atoms with Gasteiger partial charge in [0.05, 0.1) is 5.69 Å². The Labute approximate surface area is 146 Å². The molecular weight excluding hydrogens is 312 g/mol. The van der Waals surface area contributed by atoms with Crippen LogP contribution in [-0.2, 0) is 0 Å². The van der Waals surface area contributed by atoms with Crippen LogP contribution in [0.15, 0.2) is 54.7 Å². The summed E-state index contributed by atoms with van der Waals surface area (Å²) in [4.78, 5) is 21.5. The molecule has 2 N–H and O–H groups in total. The van der Waals surface area contributed by atoms with Crippen molar-refractivity contribution in [2.75, 3.05) is 11.9 Å². The van der Waals surface area contributed by atoms with E-state index in [2.05, 4.69) is 20.6 Å². The van der Waals surface area contributed by atoms with Gasteiger partial charge in [-0.1, -0.05) is 42.8 Å². The normalized spacial score (nSPS) is 17.4. The van der Waals surface area contributed by atoms with Crippen LogP contribution in [0.3, 0.4) is 0 Å². The van der Waals surface area contributed by atoms with E-state index in [0.29, 0.717) is 11.5 Å². The molecule has 2 aromatic carbocycles. The molecule has 1 unspecified atom stereocenters. The maximum Gasteiger partial charge on any atom is 0.258 e. The van der Waals surface area contributed by atoms with Crippen molar-refractivity contribution in [3.63, 3.8) is 0 Å². The summed E-state index contributed by atoms with van der Waals surface area (Å²) in [5.41, 5.74) is 1.56. The molecule has 3 aromatic rings. The highest BCUT2D eigenvalue weighted by Crippen LogP contribution is 2.22. The third-order valence-electron chi connectivity index (χ3n) is 4.60. The second kappa shape index (κ2) is 6.99. The summed E-state index contributed by atoms with van der Waals surface area (Å²) < 4.78 is 0. The first-order valence-corrected chi connectivity index (χ1v) is 8.67. The van der Waals surface area contributed by atoms with E-state index in [1.165, 1.54) is 12.8 Å². The van der Waals surface area contributed by atoms with E-state index >= 15 is 0 Å². The average Bonchev–Trinajstić information content (AvgIpc) is 2.68. The van der Waals surface area contributed by atoms with Crippen LogP contribution >= 0.6 is 0 Å². The molecule has 1 aromatic heterocycles. The fourth-order valence-corrected chi connectivity index (χ4v) is 3.32. The molecule has 1 saturated heterocycles. The molecule has 1 amide bonds. The minimum absolute atomic E-state index is 0.189. The number of benzene rings is 2. The standard InChI is InChI=1S/C20H20N4O/c25-19(16-9-5-7-14-6-1-2-8-15(14)16)24-20-22-13-11-18(23-20)17-10-3-4-12-21-17/h1-2,5-9,11,13,17,21H,3-4,10,12H2,(H,22,23,24,25). The number of piperidine rings is 1. The Hall–Kier alpha value is -2.79. The fraction of sp³-hybridized carbons (Fsp3) is 0.250. The number of hydrogen-bond donors (Lipinski definition) is 2. The zero-order chi connectivity index (χ0) is 17.1. The molecular formula is C20H20N4O. The van der Waals surface area contributed by atoms with Gasteiger partial charge in [0, 0.05) is 17.8 Å². The van der Waals surface area contributed by atoms with Crippen molar-refractivity contribution in [2.45, 2.75) is 25.3 Å². The highest BCUT2D eigenvalue weighted by atomic mass is 16.1. The van der Waals surface area contributed by atoms with E-state index in [0.717, 1.165) is 29.4 Å². The maximum absolute atomic E-state index is 12.7. The van der Waals surface area contributed by atoms with Crippen LogP contribution in [0.5, 0.6) is 0 Å². The summed E-state index contributed by atoms with van der Waals surface area (Å²) in [5.74, 6) is 0.161. The largest absolute Gasteiger partial charge is 0.309 e. The molecule has 126 valence electrons. The van der Waals surface area contributed by atoms with Gasteiger partial charge in [0.1, 0.15) is 0 Å². The molecule has 2 heterocycles. The van der Waals surface area contributed by atoms with Gasteiger partial charge in [0.25, 0.3) is 5.91 Å². The summed E-state index contributed by atoms with van der Waals surface area (Å²) in [5, 5.41) is 8.27. The molecule has 5 heteroatoms. The molecule has 0 aliphatic carbocycles. The first-order chi connectivity index (χ1) is 12.3. The summed E-state index contributed by atoms with van der Waals surface area (Å²) in [6, 6.07) is 15.7. The average molecular weight is 332 g/mol. The molecule has 4 rings (SSSR count). The number of anilines is 1. The lowest BCUT2D eigenvalue weighted by Crippen LogP contribution is -2.28. The molecule has 1 atom stereocenters. The lowest BCUT2D eigenvalue weighted by Gasteiger charge is -2.23. The second-order valence-corrected chi connectivity index (χ2v) is 6.29. The van der Waals surface area contributed by atoms with Gasteiger partial charge in [-0.3, -0.25) is 10.1 Å². The van der Waals surface area contributed by atoms with Gasteiger partial charge in [-0.25, -0.2) is 9.97 Å². The molecule has 1 aliphatic heterocycles. The van der Waals surface area contributed by atoms with E-state index in [9.17, 15) is 4.79 Å². The number of rotatable bonds is 3. The second-order valence-electron chi connectivity index (χ2n) is 6.29. The zero-order valence-corrected chi connectivity index (χ0v) is 13.9. The van der Waals surface area contributed by atoms with Crippen molar-refractivity contribution < 1.29 is 4.79 Å². The molecule has 0 radical (unpaired) electrons. The predicted octanol–water partition coefficient (Wildman–Crippen LogP) is 3.70. The number of nitrogens with one attached hydrogen (secondary N) is 2. The van der Waals surface area contributed by atoms with E-state index in [4.69, 9.17) is 0 Å². The summed E-state index contributed by atoms with van der Waals surface area (Å²) >= 11 is 0. The molecule has 5 nitrogen and oxygen atoms in total.